The largest absolute Gasteiger partial charge is 0.299 e. The van der Waals surface area contributed by atoms with E-state index in [1.807, 2.05) is 0 Å². The first-order chi connectivity index (χ1) is 8.02. The van der Waals surface area contributed by atoms with E-state index < -0.39 is 0 Å². The molecule has 0 aromatic heterocycles. The first-order valence-corrected chi connectivity index (χ1v) is 6.60. The van der Waals surface area contributed by atoms with Gasteiger partial charge in [-0.25, -0.2) is 0 Å². The summed E-state index contributed by atoms with van der Waals surface area (Å²) in [5.41, 5.74) is 3.66. The minimum atomic E-state index is 0.375. The molecule has 0 aliphatic heterocycles. The summed E-state index contributed by atoms with van der Waals surface area (Å²) < 4.78 is 0. The van der Waals surface area contributed by atoms with E-state index in [0.29, 0.717) is 18.1 Å². The van der Waals surface area contributed by atoms with Crippen molar-refractivity contribution in [2.75, 3.05) is 0 Å². The Kier molecular flexibility index (Phi) is 5.40. The molecule has 0 N–H and O–H groups in total. The number of carbonyl (C=O) groups is 1. The van der Waals surface area contributed by atoms with Gasteiger partial charge in [-0.3, -0.25) is 4.79 Å². The van der Waals surface area contributed by atoms with Gasteiger partial charge in [-0.2, -0.15) is 0 Å². The average molecular weight is 232 g/mol. The third-order valence-electron chi connectivity index (χ3n) is 3.25. The van der Waals surface area contributed by atoms with Crippen LogP contribution in [0.25, 0.3) is 0 Å². The Morgan fingerprint density at radius 3 is 2.65 bits per heavy atom. The second-order valence-electron chi connectivity index (χ2n) is 5.24. The maximum atomic E-state index is 12.0. The molecule has 0 aliphatic rings. The summed E-state index contributed by atoms with van der Waals surface area (Å²) in [7, 11) is 0. The van der Waals surface area contributed by atoms with Crippen LogP contribution >= 0.6 is 0 Å². The molecule has 1 heteroatoms. The van der Waals surface area contributed by atoms with Crippen LogP contribution in [0.3, 0.4) is 0 Å². The molecule has 1 unspecified atom stereocenters. The van der Waals surface area contributed by atoms with Crippen molar-refractivity contribution in [1.82, 2.24) is 0 Å². The lowest BCUT2D eigenvalue weighted by Crippen LogP contribution is -2.09. The zero-order valence-electron chi connectivity index (χ0n) is 11.5. The Morgan fingerprint density at radius 1 is 1.29 bits per heavy atom. The summed E-state index contributed by atoms with van der Waals surface area (Å²) in [6, 6.07) is 6.34. The third-order valence-corrected chi connectivity index (χ3v) is 3.25. The van der Waals surface area contributed by atoms with Crippen LogP contribution in [0.4, 0.5) is 0 Å². The molecule has 0 radical (unpaired) electrons. The van der Waals surface area contributed by atoms with Crippen molar-refractivity contribution in [3.8, 4) is 0 Å². The molecule has 1 atom stereocenters. The fourth-order valence-corrected chi connectivity index (χ4v) is 2.26. The molecule has 0 aliphatic carbocycles. The highest BCUT2D eigenvalue weighted by molar-refractivity contribution is 5.81. The van der Waals surface area contributed by atoms with Crippen LogP contribution in [0.15, 0.2) is 18.2 Å². The third kappa shape index (κ3) is 4.72. The van der Waals surface area contributed by atoms with Gasteiger partial charge >= 0.3 is 0 Å². The smallest absolute Gasteiger partial charge is 0.137 e. The molecule has 0 saturated carbocycles. The topological polar surface area (TPSA) is 17.1 Å². The highest BCUT2D eigenvalue weighted by Crippen LogP contribution is 2.15. The van der Waals surface area contributed by atoms with Crippen LogP contribution in [0.5, 0.6) is 0 Å². The molecule has 0 heterocycles. The zero-order chi connectivity index (χ0) is 12.8. The zero-order valence-corrected chi connectivity index (χ0v) is 11.5. The van der Waals surface area contributed by atoms with E-state index in [0.717, 1.165) is 19.3 Å². The monoisotopic (exact) mass is 232 g/mol. The lowest BCUT2D eigenvalue weighted by atomic mass is 9.94. The summed E-state index contributed by atoms with van der Waals surface area (Å²) in [4.78, 5) is 12.0. The van der Waals surface area contributed by atoms with E-state index in [2.05, 4.69) is 45.9 Å². The number of ketones is 1. The Balaban J connectivity index is 2.58. The SMILES string of the molecule is CCCC(C)CC(=O)Cc1cc(C)ccc1C. The standard InChI is InChI=1S/C16H24O/c1-5-6-12(2)10-16(17)11-15-9-13(3)7-8-14(15)4/h7-9,12H,5-6,10-11H2,1-4H3. The van der Waals surface area contributed by atoms with E-state index in [9.17, 15) is 4.79 Å². The lowest BCUT2D eigenvalue weighted by molar-refractivity contribution is -0.119. The van der Waals surface area contributed by atoms with Crippen LogP contribution < -0.4 is 0 Å². The van der Waals surface area contributed by atoms with Gasteiger partial charge in [0.15, 0.2) is 0 Å². The Morgan fingerprint density at radius 2 is 2.00 bits per heavy atom. The molecule has 0 amide bonds. The number of benzene rings is 1. The quantitative estimate of drug-likeness (QED) is 0.717. The molecule has 1 aromatic rings. The molecule has 0 bridgehead atoms. The van der Waals surface area contributed by atoms with E-state index in [1.54, 1.807) is 0 Å². The molecule has 1 nitrogen and oxygen atoms in total. The van der Waals surface area contributed by atoms with Gasteiger partial charge in [0.05, 0.1) is 0 Å². The highest BCUT2D eigenvalue weighted by Gasteiger charge is 2.10. The van der Waals surface area contributed by atoms with Crippen molar-refractivity contribution >= 4 is 5.78 Å². The van der Waals surface area contributed by atoms with Crippen molar-refractivity contribution in [2.24, 2.45) is 5.92 Å². The molecule has 0 fully saturated rings. The highest BCUT2D eigenvalue weighted by atomic mass is 16.1. The first kappa shape index (κ1) is 14.0. The van der Waals surface area contributed by atoms with Gasteiger partial charge in [-0.1, -0.05) is 50.5 Å². The van der Waals surface area contributed by atoms with Gasteiger partial charge in [0.25, 0.3) is 0 Å². The fourth-order valence-electron chi connectivity index (χ4n) is 2.26. The number of rotatable bonds is 6. The molecule has 17 heavy (non-hydrogen) atoms. The van der Waals surface area contributed by atoms with Gasteiger partial charge in [0.1, 0.15) is 5.78 Å². The van der Waals surface area contributed by atoms with Gasteiger partial charge < -0.3 is 0 Å². The maximum Gasteiger partial charge on any atom is 0.137 e. The average Bonchev–Trinajstić information content (AvgIpc) is 2.23. The van der Waals surface area contributed by atoms with E-state index in [-0.39, 0.29) is 0 Å². The van der Waals surface area contributed by atoms with Crippen molar-refractivity contribution in [3.63, 3.8) is 0 Å². The molecular formula is C16H24O. The van der Waals surface area contributed by atoms with Crippen molar-refractivity contribution in [3.05, 3.63) is 34.9 Å². The minimum absolute atomic E-state index is 0.375. The molecule has 0 saturated heterocycles. The normalized spacial score (nSPS) is 12.5. The van der Waals surface area contributed by atoms with Gasteiger partial charge in [0.2, 0.25) is 0 Å². The Bertz CT molecular complexity index is 379. The first-order valence-electron chi connectivity index (χ1n) is 6.60. The van der Waals surface area contributed by atoms with E-state index in [1.165, 1.54) is 16.7 Å². The van der Waals surface area contributed by atoms with Crippen molar-refractivity contribution < 1.29 is 4.79 Å². The van der Waals surface area contributed by atoms with Crippen LogP contribution in [0, 0.1) is 19.8 Å². The van der Waals surface area contributed by atoms with Crippen LogP contribution in [0.2, 0.25) is 0 Å². The second kappa shape index (κ2) is 6.58. The van der Waals surface area contributed by atoms with Crippen molar-refractivity contribution in [1.29, 1.82) is 0 Å². The fraction of sp³-hybridized carbons (Fsp3) is 0.562. The van der Waals surface area contributed by atoms with Gasteiger partial charge in [-0.15, -0.1) is 0 Å². The summed E-state index contributed by atoms with van der Waals surface area (Å²) in [5.74, 6) is 0.900. The molecular weight excluding hydrogens is 208 g/mol. The minimum Gasteiger partial charge on any atom is -0.299 e. The number of hydrogen-bond acceptors (Lipinski definition) is 1. The predicted molar refractivity (Wildman–Crippen MR) is 73.3 cm³/mol. The number of aryl methyl sites for hydroxylation is 2. The van der Waals surface area contributed by atoms with Crippen molar-refractivity contribution in [2.45, 2.75) is 53.4 Å². The molecule has 94 valence electrons. The maximum absolute atomic E-state index is 12.0. The Hall–Kier alpha value is -1.11. The summed E-state index contributed by atoms with van der Waals surface area (Å²) in [6.45, 7) is 8.50. The predicted octanol–water partition coefficient (Wildman–Crippen LogP) is 4.24. The van der Waals surface area contributed by atoms with E-state index >= 15 is 0 Å². The molecule has 1 rings (SSSR count). The second-order valence-corrected chi connectivity index (χ2v) is 5.24. The van der Waals surface area contributed by atoms with E-state index in [4.69, 9.17) is 0 Å². The van der Waals surface area contributed by atoms with Crippen LogP contribution in [0.1, 0.15) is 49.8 Å². The summed E-state index contributed by atoms with van der Waals surface area (Å²) >= 11 is 0. The number of Topliss-reactive ketones (excluding diaryl/α,β-unsaturated/α-hetero) is 1. The van der Waals surface area contributed by atoms with Crippen LogP contribution in [-0.2, 0) is 11.2 Å². The molecule has 0 spiro atoms. The summed E-state index contributed by atoms with van der Waals surface area (Å²) in [6.07, 6.45) is 3.64. The van der Waals surface area contributed by atoms with Gasteiger partial charge in [-0.05, 0) is 30.9 Å². The number of hydrogen-bond donors (Lipinski definition) is 0. The van der Waals surface area contributed by atoms with Gasteiger partial charge in [0, 0.05) is 12.8 Å². The Labute approximate surface area is 105 Å². The number of carbonyl (C=O) groups excluding carboxylic acids is 1. The lowest BCUT2D eigenvalue weighted by Gasteiger charge is -2.10. The van der Waals surface area contributed by atoms with Crippen LogP contribution in [-0.4, -0.2) is 5.78 Å². The summed E-state index contributed by atoms with van der Waals surface area (Å²) in [5, 5.41) is 0. The molecule has 1 aromatic carbocycles.